The number of hydrogen-bond acceptors (Lipinski definition) is 7. The number of carbonyl (C=O) groups is 2. The molecular formula is C28H29N3O7S. The average Bonchev–Trinajstić information content (AvgIpc) is 3.24. The first-order chi connectivity index (χ1) is 18.5. The zero-order valence-electron chi connectivity index (χ0n) is 21.7. The van der Waals surface area contributed by atoms with E-state index in [2.05, 4.69) is 5.32 Å². The van der Waals surface area contributed by atoms with Crippen molar-refractivity contribution in [1.29, 1.82) is 0 Å². The molecule has 0 unspecified atom stereocenters. The number of rotatable bonds is 9. The molecule has 0 spiro atoms. The number of ether oxygens (including phenoxy) is 1. The Kier molecular flexibility index (Phi) is 8.01. The molecule has 1 aliphatic rings. The lowest BCUT2D eigenvalue weighted by molar-refractivity contribution is -0.384. The minimum absolute atomic E-state index is 0.0411. The second-order valence-corrected chi connectivity index (χ2v) is 11.7. The van der Waals surface area contributed by atoms with Gasteiger partial charge in [-0.2, -0.15) is 0 Å². The highest BCUT2D eigenvalue weighted by molar-refractivity contribution is 7.89. The van der Waals surface area contributed by atoms with Gasteiger partial charge in [-0.25, -0.2) is 17.5 Å². The number of carbonyl (C=O) groups excluding carboxylic acids is 2. The van der Waals surface area contributed by atoms with Gasteiger partial charge in [0.2, 0.25) is 0 Å². The zero-order valence-corrected chi connectivity index (χ0v) is 22.6. The second-order valence-electron chi connectivity index (χ2n) is 9.71. The molecule has 3 aromatic carbocycles. The number of nitro benzene ring substituents is 1. The minimum Gasteiger partial charge on any atom is -0.449 e. The van der Waals surface area contributed by atoms with Gasteiger partial charge in [0, 0.05) is 25.1 Å². The molecule has 1 atom stereocenters. The van der Waals surface area contributed by atoms with Crippen molar-refractivity contribution in [3.63, 3.8) is 0 Å². The summed E-state index contributed by atoms with van der Waals surface area (Å²) in [6, 6.07) is 18.8. The summed E-state index contributed by atoms with van der Waals surface area (Å²) in [5.74, 6) is -1.08. The number of nitrogens with zero attached hydrogens (tertiary/aromatic N) is 2. The molecular weight excluding hydrogens is 522 g/mol. The number of hydrogen-bond donors (Lipinski definition) is 1. The van der Waals surface area contributed by atoms with Crippen LogP contribution in [-0.4, -0.2) is 49.3 Å². The van der Waals surface area contributed by atoms with Crippen molar-refractivity contribution in [3.8, 4) is 11.1 Å². The maximum atomic E-state index is 13.3. The Hall–Kier alpha value is -4.25. The average molecular weight is 552 g/mol. The molecule has 0 aromatic heterocycles. The Balaban J connectivity index is 1.47. The van der Waals surface area contributed by atoms with E-state index in [1.54, 1.807) is 0 Å². The van der Waals surface area contributed by atoms with E-state index in [0.29, 0.717) is 4.31 Å². The normalized spacial score (nSPS) is 13.3. The number of benzene rings is 3. The Bertz CT molecular complexity index is 1460. The topological polar surface area (TPSA) is 136 Å². The molecule has 0 saturated heterocycles. The quantitative estimate of drug-likeness (QED) is 0.301. The smallest absolute Gasteiger partial charge is 0.407 e. The van der Waals surface area contributed by atoms with Gasteiger partial charge in [-0.05, 0) is 46.7 Å². The zero-order chi connectivity index (χ0) is 28.3. The molecule has 0 heterocycles. The summed E-state index contributed by atoms with van der Waals surface area (Å²) < 4.78 is 32.2. The number of amides is 2. The monoisotopic (exact) mass is 551 g/mol. The van der Waals surface area contributed by atoms with E-state index < -0.39 is 33.0 Å². The lowest BCUT2D eigenvalue weighted by Crippen LogP contribution is -2.49. The highest BCUT2D eigenvalue weighted by Gasteiger charge is 2.34. The number of alkyl carbamates (subject to hydrolysis) is 1. The summed E-state index contributed by atoms with van der Waals surface area (Å²) in [5.41, 5.74) is 3.95. The first kappa shape index (κ1) is 27.8. The summed E-state index contributed by atoms with van der Waals surface area (Å²) >= 11 is 0. The van der Waals surface area contributed by atoms with E-state index in [1.165, 1.54) is 0 Å². The Morgan fingerprint density at radius 3 is 2.03 bits per heavy atom. The van der Waals surface area contributed by atoms with Crippen molar-refractivity contribution in [2.75, 3.05) is 13.7 Å². The van der Waals surface area contributed by atoms with Gasteiger partial charge in [0.1, 0.15) is 12.6 Å². The molecule has 11 heteroatoms. The first-order valence-corrected chi connectivity index (χ1v) is 13.8. The molecule has 0 bridgehead atoms. The van der Waals surface area contributed by atoms with E-state index >= 15 is 0 Å². The van der Waals surface area contributed by atoms with Gasteiger partial charge in [0.05, 0.1) is 9.82 Å². The lowest BCUT2D eigenvalue weighted by Gasteiger charge is -2.25. The van der Waals surface area contributed by atoms with Crippen LogP contribution in [0.5, 0.6) is 0 Å². The minimum atomic E-state index is -4.32. The van der Waals surface area contributed by atoms with E-state index in [4.69, 9.17) is 4.74 Å². The van der Waals surface area contributed by atoms with Gasteiger partial charge in [-0.3, -0.25) is 14.9 Å². The molecule has 0 fully saturated rings. The fourth-order valence-corrected chi connectivity index (χ4v) is 5.87. The van der Waals surface area contributed by atoms with Crippen LogP contribution < -0.4 is 5.32 Å². The third-order valence-electron chi connectivity index (χ3n) is 6.66. The third kappa shape index (κ3) is 5.78. The molecule has 1 aliphatic carbocycles. The Morgan fingerprint density at radius 1 is 0.974 bits per heavy atom. The largest absolute Gasteiger partial charge is 0.449 e. The fraction of sp³-hybridized carbons (Fsp3) is 0.286. The van der Waals surface area contributed by atoms with Crippen LogP contribution in [0, 0.1) is 16.0 Å². The van der Waals surface area contributed by atoms with Gasteiger partial charge in [-0.15, -0.1) is 0 Å². The molecule has 39 heavy (non-hydrogen) atoms. The van der Waals surface area contributed by atoms with Crippen molar-refractivity contribution in [3.05, 3.63) is 94.0 Å². The SMILES string of the molecule is CC(C)C[C@H](NC(=O)OCC1c2ccccc2-c2ccccc21)C(=O)N(C)S(=O)(=O)c1ccc([N+](=O)[O-])cc1. The Morgan fingerprint density at radius 2 is 1.51 bits per heavy atom. The van der Waals surface area contributed by atoms with Gasteiger partial charge < -0.3 is 10.1 Å². The van der Waals surface area contributed by atoms with Crippen molar-refractivity contribution in [1.82, 2.24) is 9.62 Å². The highest BCUT2D eigenvalue weighted by Crippen LogP contribution is 2.44. The van der Waals surface area contributed by atoms with Gasteiger partial charge in [0.25, 0.3) is 21.6 Å². The molecule has 2 amide bonds. The second kappa shape index (κ2) is 11.2. The number of non-ortho nitro benzene ring substituents is 1. The molecule has 10 nitrogen and oxygen atoms in total. The molecule has 0 aliphatic heterocycles. The summed E-state index contributed by atoms with van der Waals surface area (Å²) in [7, 11) is -3.23. The van der Waals surface area contributed by atoms with Crippen LogP contribution in [0.1, 0.15) is 37.3 Å². The summed E-state index contributed by atoms with van der Waals surface area (Å²) in [5, 5.41) is 13.4. The van der Waals surface area contributed by atoms with Gasteiger partial charge in [-0.1, -0.05) is 62.4 Å². The maximum absolute atomic E-state index is 13.3. The molecule has 1 N–H and O–H groups in total. The fourth-order valence-electron chi connectivity index (χ4n) is 4.71. The van der Waals surface area contributed by atoms with Crippen LogP contribution in [0.3, 0.4) is 0 Å². The number of nitro groups is 1. The maximum Gasteiger partial charge on any atom is 0.407 e. The predicted molar refractivity (Wildman–Crippen MR) is 144 cm³/mol. The van der Waals surface area contributed by atoms with Crippen LogP contribution >= 0.6 is 0 Å². The van der Waals surface area contributed by atoms with Gasteiger partial charge >= 0.3 is 6.09 Å². The number of sulfonamides is 1. The Labute approximate surface area is 226 Å². The van der Waals surface area contributed by atoms with Crippen LogP contribution in [-0.2, 0) is 19.6 Å². The number of likely N-dealkylation sites (N-methyl/N-ethyl adjacent to an activating group) is 1. The number of fused-ring (bicyclic) bond motifs is 3. The summed E-state index contributed by atoms with van der Waals surface area (Å²) in [6.07, 6.45) is -0.666. The lowest BCUT2D eigenvalue weighted by atomic mass is 9.98. The molecule has 204 valence electrons. The van der Waals surface area contributed by atoms with Crippen LogP contribution in [0.25, 0.3) is 11.1 Å². The number of nitrogens with one attached hydrogen (secondary N) is 1. The van der Waals surface area contributed by atoms with Crippen LogP contribution in [0.4, 0.5) is 10.5 Å². The van der Waals surface area contributed by atoms with E-state index in [1.807, 2.05) is 62.4 Å². The van der Waals surface area contributed by atoms with Crippen molar-refractivity contribution < 1.29 is 27.7 Å². The summed E-state index contributed by atoms with van der Waals surface area (Å²) in [6.45, 7) is 3.72. The molecule has 3 aromatic rings. The first-order valence-electron chi connectivity index (χ1n) is 12.4. The van der Waals surface area contributed by atoms with Crippen LogP contribution in [0.2, 0.25) is 0 Å². The highest BCUT2D eigenvalue weighted by atomic mass is 32.2. The molecule has 0 saturated carbocycles. The van der Waals surface area contributed by atoms with Crippen LogP contribution in [0.15, 0.2) is 77.7 Å². The van der Waals surface area contributed by atoms with Crippen molar-refractivity contribution >= 4 is 27.7 Å². The standard InChI is InChI=1S/C28H29N3O7S/c1-18(2)16-26(27(32)30(3)39(36,37)20-14-12-19(13-15-20)31(34)35)29-28(33)38-17-25-23-10-6-4-8-21(23)22-9-5-7-11-24(22)25/h4-15,18,25-26H,16-17H2,1-3H3,(H,29,33)/t26-/m0/s1. The van der Waals surface area contributed by atoms with E-state index in [-0.39, 0.29) is 35.4 Å². The van der Waals surface area contributed by atoms with Crippen molar-refractivity contribution in [2.45, 2.75) is 37.1 Å². The third-order valence-corrected chi connectivity index (χ3v) is 8.43. The van der Waals surface area contributed by atoms with Crippen molar-refractivity contribution in [2.24, 2.45) is 5.92 Å². The molecule has 4 rings (SSSR count). The van der Waals surface area contributed by atoms with Gasteiger partial charge in [0.15, 0.2) is 0 Å². The van der Waals surface area contributed by atoms with E-state index in [0.717, 1.165) is 53.6 Å². The summed E-state index contributed by atoms with van der Waals surface area (Å²) in [4.78, 5) is 36.1. The van der Waals surface area contributed by atoms with E-state index in [9.17, 15) is 28.1 Å². The molecule has 0 radical (unpaired) electrons. The predicted octanol–water partition coefficient (Wildman–Crippen LogP) is 4.70.